The predicted molar refractivity (Wildman–Crippen MR) is 96.2 cm³/mol. The van der Waals surface area contributed by atoms with E-state index in [-0.39, 0.29) is 5.92 Å². The van der Waals surface area contributed by atoms with Gasteiger partial charge in [0.15, 0.2) is 0 Å². The molecule has 2 aromatic rings. The first kappa shape index (κ1) is 17.3. The molecule has 2 rings (SSSR count). The standard InChI is InChI=1S/C21H25NO/c1-5-16-22(3)17-18(2)21(23-4,19-12-8-6-9-13-19)20-14-10-7-11-15-20/h1,6-15,18H,16-17H2,2-4H3. The molecule has 0 aliphatic rings. The maximum Gasteiger partial charge on any atom is 0.121 e. The van der Waals surface area contributed by atoms with E-state index >= 15 is 0 Å². The summed E-state index contributed by atoms with van der Waals surface area (Å²) in [5.74, 6) is 2.94. The van der Waals surface area contributed by atoms with Crippen molar-refractivity contribution in [2.24, 2.45) is 5.92 Å². The maximum atomic E-state index is 6.17. The van der Waals surface area contributed by atoms with Crippen LogP contribution in [0.2, 0.25) is 0 Å². The van der Waals surface area contributed by atoms with Crippen molar-refractivity contribution in [1.29, 1.82) is 0 Å². The highest BCUT2D eigenvalue weighted by Crippen LogP contribution is 2.40. The molecule has 0 aliphatic heterocycles. The van der Waals surface area contributed by atoms with Crippen molar-refractivity contribution in [2.75, 3.05) is 27.2 Å². The summed E-state index contributed by atoms with van der Waals surface area (Å²) >= 11 is 0. The minimum Gasteiger partial charge on any atom is -0.368 e. The average molecular weight is 307 g/mol. The number of hydrogen-bond acceptors (Lipinski definition) is 2. The smallest absolute Gasteiger partial charge is 0.121 e. The molecule has 0 aromatic heterocycles. The van der Waals surface area contributed by atoms with Gasteiger partial charge in [0, 0.05) is 19.6 Å². The highest BCUT2D eigenvalue weighted by Gasteiger charge is 2.40. The van der Waals surface area contributed by atoms with Crippen LogP contribution in [0.5, 0.6) is 0 Å². The first-order chi connectivity index (χ1) is 11.1. The monoisotopic (exact) mass is 307 g/mol. The van der Waals surface area contributed by atoms with Gasteiger partial charge < -0.3 is 4.74 Å². The number of methoxy groups -OCH3 is 1. The Bertz CT molecular complexity index is 590. The Morgan fingerprint density at radius 3 is 1.91 bits per heavy atom. The number of ether oxygens (including phenoxy) is 1. The van der Waals surface area contributed by atoms with Crippen LogP contribution in [0.1, 0.15) is 18.1 Å². The summed E-state index contributed by atoms with van der Waals surface area (Å²) in [4.78, 5) is 2.16. The zero-order valence-electron chi connectivity index (χ0n) is 14.2. The van der Waals surface area contributed by atoms with Gasteiger partial charge in [-0.3, -0.25) is 4.90 Å². The second-order valence-corrected chi connectivity index (χ2v) is 5.97. The number of nitrogens with zero attached hydrogens (tertiary/aromatic N) is 1. The first-order valence-electron chi connectivity index (χ1n) is 7.93. The molecule has 0 heterocycles. The molecule has 2 aromatic carbocycles. The van der Waals surface area contributed by atoms with E-state index in [1.807, 2.05) is 19.2 Å². The molecule has 0 saturated carbocycles. The summed E-state index contributed by atoms with van der Waals surface area (Å²) in [6.45, 7) is 3.70. The Hall–Kier alpha value is -2.08. The van der Waals surface area contributed by atoms with Crippen LogP contribution in [-0.2, 0) is 10.3 Å². The van der Waals surface area contributed by atoms with Crippen LogP contribution < -0.4 is 0 Å². The lowest BCUT2D eigenvalue weighted by atomic mass is 9.76. The van der Waals surface area contributed by atoms with Crippen molar-refractivity contribution < 1.29 is 4.74 Å². The molecule has 0 amide bonds. The summed E-state index contributed by atoms with van der Waals surface area (Å²) in [6, 6.07) is 20.8. The molecule has 2 heteroatoms. The fraction of sp³-hybridized carbons (Fsp3) is 0.333. The molecule has 0 N–H and O–H groups in total. The molecule has 0 spiro atoms. The Morgan fingerprint density at radius 1 is 1.04 bits per heavy atom. The Morgan fingerprint density at radius 2 is 1.52 bits per heavy atom. The second kappa shape index (κ2) is 7.97. The molecule has 0 fully saturated rings. The summed E-state index contributed by atoms with van der Waals surface area (Å²) in [6.07, 6.45) is 5.45. The molecule has 0 radical (unpaired) electrons. The van der Waals surface area contributed by atoms with Crippen LogP contribution in [0, 0.1) is 18.3 Å². The fourth-order valence-electron chi connectivity index (χ4n) is 3.36. The molecule has 23 heavy (non-hydrogen) atoms. The van der Waals surface area contributed by atoms with Gasteiger partial charge in [-0.25, -0.2) is 0 Å². The number of hydrogen-bond donors (Lipinski definition) is 0. The van der Waals surface area contributed by atoms with E-state index in [1.165, 1.54) is 0 Å². The number of rotatable bonds is 7. The minimum absolute atomic E-state index is 0.232. The molecule has 0 saturated heterocycles. The molecule has 0 aliphatic carbocycles. The third-order valence-electron chi connectivity index (χ3n) is 4.37. The highest BCUT2D eigenvalue weighted by molar-refractivity contribution is 5.37. The van der Waals surface area contributed by atoms with Crippen molar-refractivity contribution in [1.82, 2.24) is 4.90 Å². The van der Waals surface area contributed by atoms with Crippen LogP contribution in [0.4, 0.5) is 0 Å². The third kappa shape index (κ3) is 3.64. The van der Waals surface area contributed by atoms with Crippen molar-refractivity contribution in [2.45, 2.75) is 12.5 Å². The zero-order chi connectivity index (χ0) is 16.7. The molecule has 0 bridgehead atoms. The van der Waals surface area contributed by atoms with Crippen molar-refractivity contribution in [3.8, 4) is 12.3 Å². The summed E-state index contributed by atoms with van der Waals surface area (Å²) < 4.78 is 6.17. The van der Waals surface area contributed by atoms with Gasteiger partial charge in [-0.1, -0.05) is 73.5 Å². The molecular weight excluding hydrogens is 282 g/mol. The van der Waals surface area contributed by atoms with Crippen LogP contribution in [-0.4, -0.2) is 32.1 Å². The SMILES string of the molecule is C#CCN(C)CC(C)C(OC)(c1ccccc1)c1ccccc1. The third-order valence-corrected chi connectivity index (χ3v) is 4.37. The van der Waals surface area contributed by atoms with Crippen LogP contribution in [0.15, 0.2) is 60.7 Å². The molecular formula is C21H25NO. The maximum absolute atomic E-state index is 6.17. The van der Waals surface area contributed by atoms with E-state index in [2.05, 4.69) is 66.3 Å². The van der Waals surface area contributed by atoms with Crippen molar-refractivity contribution in [3.63, 3.8) is 0 Å². The average Bonchev–Trinajstić information content (AvgIpc) is 2.58. The van der Waals surface area contributed by atoms with Gasteiger partial charge in [0.25, 0.3) is 0 Å². The van der Waals surface area contributed by atoms with Gasteiger partial charge in [-0.15, -0.1) is 6.42 Å². The van der Waals surface area contributed by atoms with Crippen molar-refractivity contribution >= 4 is 0 Å². The molecule has 2 nitrogen and oxygen atoms in total. The van der Waals surface area contributed by atoms with E-state index in [0.29, 0.717) is 6.54 Å². The van der Waals surface area contributed by atoms with Gasteiger partial charge in [0.1, 0.15) is 5.60 Å². The highest BCUT2D eigenvalue weighted by atomic mass is 16.5. The normalized spacial score (nSPS) is 12.8. The molecule has 120 valence electrons. The Kier molecular flexibility index (Phi) is 5.98. The van der Waals surface area contributed by atoms with E-state index in [9.17, 15) is 0 Å². The van der Waals surface area contributed by atoms with Gasteiger partial charge in [0.05, 0.1) is 6.54 Å². The molecule has 1 atom stereocenters. The second-order valence-electron chi connectivity index (χ2n) is 5.97. The first-order valence-corrected chi connectivity index (χ1v) is 7.93. The lowest BCUT2D eigenvalue weighted by molar-refractivity contribution is -0.0314. The van der Waals surface area contributed by atoms with Gasteiger partial charge >= 0.3 is 0 Å². The van der Waals surface area contributed by atoms with Crippen molar-refractivity contribution in [3.05, 3.63) is 71.8 Å². The van der Waals surface area contributed by atoms with Crippen LogP contribution >= 0.6 is 0 Å². The molecule has 1 unspecified atom stereocenters. The lowest BCUT2D eigenvalue weighted by Gasteiger charge is -2.40. The van der Waals surface area contributed by atoms with Gasteiger partial charge in [-0.05, 0) is 18.2 Å². The van der Waals surface area contributed by atoms with Gasteiger partial charge in [-0.2, -0.15) is 0 Å². The zero-order valence-corrected chi connectivity index (χ0v) is 14.2. The summed E-state index contributed by atoms with van der Waals surface area (Å²) in [7, 11) is 3.84. The predicted octanol–water partition coefficient (Wildman–Crippen LogP) is 3.78. The van der Waals surface area contributed by atoms with E-state index in [4.69, 9.17) is 11.2 Å². The quantitative estimate of drug-likeness (QED) is 0.722. The summed E-state index contributed by atoms with van der Waals surface area (Å²) in [5.41, 5.74) is 1.83. The van der Waals surface area contributed by atoms with E-state index in [1.54, 1.807) is 7.11 Å². The van der Waals surface area contributed by atoms with E-state index in [0.717, 1.165) is 17.7 Å². The Labute approximate surface area is 140 Å². The fourth-order valence-corrected chi connectivity index (χ4v) is 3.36. The topological polar surface area (TPSA) is 12.5 Å². The van der Waals surface area contributed by atoms with Gasteiger partial charge in [0.2, 0.25) is 0 Å². The number of terminal acetylenes is 1. The van der Waals surface area contributed by atoms with Crippen LogP contribution in [0.25, 0.3) is 0 Å². The largest absolute Gasteiger partial charge is 0.368 e. The number of benzene rings is 2. The van der Waals surface area contributed by atoms with E-state index < -0.39 is 5.60 Å². The minimum atomic E-state index is -0.495. The van der Waals surface area contributed by atoms with Crippen LogP contribution in [0.3, 0.4) is 0 Å². The Balaban J connectivity index is 2.49. The summed E-state index contributed by atoms with van der Waals surface area (Å²) in [5, 5.41) is 0. The lowest BCUT2D eigenvalue weighted by Crippen LogP contribution is -2.42.